The SMILES string of the molecule is C[C@]12CC[C@H]3[C@@H](CC[C@H]4CC(=O)[C@@H]5C(c6ccc(Cl)cc6)=NO[C@@H]5[C@@]43C)[C@@H]1CC[C@@H]2O. The summed E-state index contributed by atoms with van der Waals surface area (Å²) in [5.74, 6) is 2.13. The second-order valence-corrected chi connectivity index (χ2v) is 11.7. The van der Waals surface area contributed by atoms with Gasteiger partial charge in [-0.05, 0) is 79.7 Å². The fourth-order valence-corrected chi connectivity index (χ4v) is 8.72. The molecule has 6 rings (SSSR count). The van der Waals surface area contributed by atoms with Crippen molar-refractivity contribution < 1.29 is 14.7 Å². The molecule has 0 unspecified atom stereocenters. The molecule has 1 aromatic rings. The lowest BCUT2D eigenvalue weighted by atomic mass is 9.43. The number of nitrogens with zero attached hydrogens (tertiary/aromatic N) is 1. The standard InChI is InChI=1S/C26H32ClNO3/c1-25-12-11-19-17(18(25)9-10-21(25)30)8-5-15-13-20(29)22-23(14-3-6-16(27)7-4-14)28-31-24(22)26(15,19)2/h3-4,6-7,15,17-19,21-22,24,30H,5,8-13H2,1-2H3/t15-,17-,18-,19-,21-,22+,24-,25-,26-/m0/s1. The summed E-state index contributed by atoms with van der Waals surface area (Å²) < 4.78 is 0. The van der Waals surface area contributed by atoms with E-state index in [4.69, 9.17) is 16.4 Å². The Kier molecular flexibility index (Phi) is 4.44. The largest absolute Gasteiger partial charge is 0.393 e. The molecule has 31 heavy (non-hydrogen) atoms. The molecule has 166 valence electrons. The molecule has 4 aliphatic carbocycles. The fourth-order valence-electron chi connectivity index (χ4n) is 8.60. The Balaban J connectivity index is 1.35. The predicted molar refractivity (Wildman–Crippen MR) is 120 cm³/mol. The van der Waals surface area contributed by atoms with Crippen LogP contribution in [0.2, 0.25) is 5.02 Å². The van der Waals surface area contributed by atoms with E-state index in [0.717, 1.165) is 43.4 Å². The van der Waals surface area contributed by atoms with Crippen molar-refractivity contribution >= 4 is 23.1 Å². The van der Waals surface area contributed by atoms with E-state index < -0.39 is 0 Å². The molecule has 4 fully saturated rings. The predicted octanol–water partition coefficient (Wildman–Crippen LogP) is 5.25. The highest BCUT2D eigenvalue weighted by Gasteiger charge is 2.66. The number of hydrogen-bond acceptors (Lipinski definition) is 4. The van der Waals surface area contributed by atoms with Crippen molar-refractivity contribution in [2.24, 2.45) is 45.6 Å². The van der Waals surface area contributed by atoms with Crippen LogP contribution in [-0.2, 0) is 9.63 Å². The molecule has 0 saturated heterocycles. The van der Waals surface area contributed by atoms with Gasteiger partial charge in [0, 0.05) is 22.4 Å². The number of Topliss-reactive ketones (excluding diaryl/α,β-unsaturated/α-hetero) is 1. The van der Waals surface area contributed by atoms with Crippen molar-refractivity contribution in [2.45, 2.75) is 71.0 Å². The number of rotatable bonds is 1. The molecule has 0 amide bonds. The number of halogens is 1. The van der Waals surface area contributed by atoms with Gasteiger partial charge in [-0.25, -0.2) is 0 Å². The lowest BCUT2D eigenvalue weighted by molar-refractivity contribution is -0.186. The first-order valence-electron chi connectivity index (χ1n) is 12.0. The van der Waals surface area contributed by atoms with Crippen LogP contribution in [0.4, 0.5) is 0 Å². The van der Waals surface area contributed by atoms with Gasteiger partial charge in [-0.1, -0.05) is 42.7 Å². The second-order valence-electron chi connectivity index (χ2n) is 11.3. The number of carbonyl (C=O) groups excluding carboxylic acids is 1. The van der Waals surface area contributed by atoms with Crippen LogP contribution in [0.5, 0.6) is 0 Å². The van der Waals surface area contributed by atoms with Gasteiger partial charge in [0.25, 0.3) is 0 Å². The molecular formula is C26H32ClNO3. The molecule has 0 aromatic heterocycles. The Morgan fingerprint density at radius 1 is 1.06 bits per heavy atom. The van der Waals surface area contributed by atoms with Crippen molar-refractivity contribution in [3.63, 3.8) is 0 Å². The van der Waals surface area contributed by atoms with Crippen molar-refractivity contribution in [1.29, 1.82) is 0 Å². The van der Waals surface area contributed by atoms with Crippen LogP contribution >= 0.6 is 11.6 Å². The third-order valence-corrected chi connectivity index (χ3v) is 10.6. The smallest absolute Gasteiger partial charge is 0.148 e. The topological polar surface area (TPSA) is 58.9 Å². The van der Waals surface area contributed by atoms with Gasteiger partial charge in [0.1, 0.15) is 23.5 Å². The van der Waals surface area contributed by atoms with Gasteiger partial charge in [-0.2, -0.15) is 0 Å². The number of benzene rings is 1. The van der Waals surface area contributed by atoms with Crippen LogP contribution in [0.1, 0.15) is 64.4 Å². The molecule has 5 aliphatic rings. The quantitative estimate of drug-likeness (QED) is 0.647. The van der Waals surface area contributed by atoms with E-state index in [0.29, 0.717) is 35.1 Å². The summed E-state index contributed by atoms with van der Waals surface area (Å²) in [5, 5.41) is 15.9. The maximum Gasteiger partial charge on any atom is 0.148 e. The molecule has 1 aliphatic heterocycles. The Bertz CT molecular complexity index is 944. The van der Waals surface area contributed by atoms with E-state index in [1.807, 2.05) is 24.3 Å². The minimum absolute atomic E-state index is 0.0476. The minimum Gasteiger partial charge on any atom is -0.393 e. The fraction of sp³-hybridized carbons (Fsp3) is 0.692. The molecule has 1 N–H and O–H groups in total. The van der Waals surface area contributed by atoms with Crippen molar-refractivity contribution in [3.8, 4) is 0 Å². The number of oxime groups is 1. The zero-order valence-corrected chi connectivity index (χ0v) is 19.1. The molecule has 1 aromatic carbocycles. The lowest BCUT2D eigenvalue weighted by Gasteiger charge is -2.61. The van der Waals surface area contributed by atoms with Crippen molar-refractivity contribution in [2.75, 3.05) is 0 Å². The average Bonchev–Trinajstić information content (AvgIpc) is 3.33. The number of fused-ring (bicyclic) bond motifs is 7. The van der Waals surface area contributed by atoms with Gasteiger partial charge < -0.3 is 9.94 Å². The summed E-state index contributed by atoms with van der Waals surface area (Å²) in [6.45, 7) is 4.72. The van der Waals surface area contributed by atoms with E-state index in [-0.39, 0.29) is 34.7 Å². The molecule has 4 nitrogen and oxygen atoms in total. The van der Waals surface area contributed by atoms with Gasteiger partial charge >= 0.3 is 0 Å². The highest BCUT2D eigenvalue weighted by Crippen LogP contribution is 2.67. The highest BCUT2D eigenvalue weighted by atomic mass is 35.5. The monoisotopic (exact) mass is 441 g/mol. The van der Waals surface area contributed by atoms with E-state index in [1.165, 1.54) is 6.42 Å². The van der Waals surface area contributed by atoms with E-state index in [1.54, 1.807) is 0 Å². The molecular weight excluding hydrogens is 410 g/mol. The maximum atomic E-state index is 13.3. The molecule has 4 saturated carbocycles. The van der Waals surface area contributed by atoms with Gasteiger partial charge in [0.05, 0.1) is 6.10 Å². The third kappa shape index (κ3) is 2.64. The number of aliphatic hydroxyl groups is 1. The summed E-state index contributed by atoms with van der Waals surface area (Å²) in [5.41, 5.74) is 1.74. The number of ketones is 1. The third-order valence-electron chi connectivity index (χ3n) is 10.3. The Labute approximate surface area is 189 Å². The van der Waals surface area contributed by atoms with Gasteiger partial charge in [0.15, 0.2) is 0 Å². The van der Waals surface area contributed by atoms with Crippen molar-refractivity contribution in [1.82, 2.24) is 0 Å². The van der Waals surface area contributed by atoms with Gasteiger partial charge in [-0.15, -0.1) is 0 Å². The highest BCUT2D eigenvalue weighted by molar-refractivity contribution is 6.30. The van der Waals surface area contributed by atoms with E-state index in [9.17, 15) is 9.90 Å². The second kappa shape index (κ2) is 6.81. The minimum atomic E-state index is -0.274. The molecule has 0 bridgehead atoms. The zero-order valence-electron chi connectivity index (χ0n) is 18.4. The summed E-state index contributed by atoms with van der Waals surface area (Å²) in [6.07, 6.45) is 6.87. The van der Waals surface area contributed by atoms with Gasteiger partial charge in [-0.3, -0.25) is 4.79 Å². The van der Waals surface area contributed by atoms with Gasteiger partial charge in [0.2, 0.25) is 0 Å². The molecule has 0 spiro atoms. The zero-order chi connectivity index (χ0) is 21.5. The van der Waals surface area contributed by atoms with E-state index >= 15 is 0 Å². The normalized spacial score (nSPS) is 48.2. The Morgan fingerprint density at radius 3 is 2.61 bits per heavy atom. The number of aliphatic hydroxyl groups excluding tert-OH is 1. The van der Waals surface area contributed by atoms with Crippen LogP contribution < -0.4 is 0 Å². The summed E-state index contributed by atoms with van der Waals surface area (Å²) in [7, 11) is 0. The summed E-state index contributed by atoms with van der Waals surface area (Å²) >= 11 is 6.08. The Morgan fingerprint density at radius 2 is 1.84 bits per heavy atom. The molecule has 0 radical (unpaired) electrons. The van der Waals surface area contributed by atoms with Crippen LogP contribution in [0, 0.1) is 40.4 Å². The summed E-state index contributed by atoms with van der Waals surface area (Å²) in [4.78, 5) is 19.5. The van der Waals surface area contributed by atoms with Crippen LogP contribution in [-0.4, -0.2) is 28.8 Å². The van der Waals surface area contributed by atoms with Crippen LogP contribution in [0.3, 0.4) is 0 Å². The maximum absolute atomic E-state index is 13.3. The molecule has 5 heteroatoms. The number of carbonyl (C=O) groups is 1. The molecule has 9 atom stereocenters. The molecule has 1 heterocycles. The van der Waals surface area contributed by atoms with Crippen LogP contribution in [0.15, 0.2) is 29.4 Å². The lowest BCUT2D eigenvalue weighted by Crippen LogP contribution is -2.61. The first kappa shape index (κ1) is 20.2. The number of hydrogen-bond donors (Lipinski definition) is 1. The average molecular weight is 442 g/mol. The first-order valence-corrected chi connectivity index (χ1v) is 12.4. The van der Waals surface area contributed by atoms with Crippen molar-refractivity contribution in [3.05, 3.63) is 34.9 Å². The first-order chi connectivity index (χ1) is 14.8. The summed E-state index contributed by atoms with van der Waals surface area (Å²) in [6, 6.07) is 7.61. The van der Waals surface area contributed by atoms with Crippen LogP contribution in [0.25, 0.3) is 0 Å². The Hall–Kier alpha value is -1.39. The van der Waals surface area contributed by atoms with E-state index in [2.05, 4.69) is 19.0 Å².